The van der Waals surface area contributed by atoms with Crippen LogP contribution in [0.4, 0.5) is 5.69 Å². The summed E-state index contributed by atoms with van der Waals surface area (Å²) >= 11 is 5.87. The molecule has 0 bridgehead atoms. The van der Waals surface area contributed by atoms with Gasteiger partial charge in [0.05, 0.1) is 17.3 Å². The minimum Gasteiger partial charge on any atom is -0.323 e. The number of nitriles is 1. The van der Waals surface area contributed by atoms with Gasteiger partial charge in [-0.05, 0) is 30.2 Å². The fraction of sp³-hybridized carbons (Fsp3) is 0.125. The van der Waals surface area contributed by atoms with Crippen molar-refractivity contribution in [2.75, 3.05) is 5.32 Å². The summed E-state index contributed by atoms with van der Waals surface area (Å²) in [6.45, 7) is 0. The van der Waals surface area contributed by atoms with E-state index in [2.05, 4.69) is 5.32 Å². The van der Waals surface area contributed by atoms with Crippen molar-refractivity contribution in [1.82, 2.24) is 0 Å². The molecule has 0 aliphatic carbocycles. The van der Waals surface area contributed by atoms with Gasteiger partial charge >= 0.3 is 0 Å². The molecule has 0 aliphatic heterocycles. The number of carbonyl (C=O) groups is 1. The maximum Gasteiger partial charge on any atom is 0.241 e. The first-order valence-electron chi connectivity index (χ1n) is 6.40. The minimum absolute atomic E-state index is 0.347. The second-order valence-corrected chi connectivity index (χ2v) is 5.02. The van der Waals surface area contributed by atoms with E-state index in [-0.39, 0.29) is 5.91 Å². The zero-order valence-corrected chi connectivity index (χ0v) is 12.0. The molecule has 2 rings (SSSR count). The quantitative estimate of drug-likeness (QED) is 0.911. The fourth-order valence-electron chi connectivity index (χ4n) is 1.90. The van der Waals surface area contributed by atoms with Gasteiger partial charge in [-0.2, -0.15) is 5.26 Å². The Labute approximate surface area is 128 Å². The zero-order valence-electron chi connectivity index (χ0n) is 11.2. The van der Waals surface area contributed by atoms with E-state index >= 15 is 0 Å². The molecule has 1 amide bonds. The highest BCUT2D eigenvalue weighted by atomic mass is 35.5. The van der Waals surface area contributed by atoms with Crippen molar-refractivity contribution in [2.45, 2.75) is 12.5 Å². The summed E-state index contributed by atoms with van der Waals surface area (Å²) in [5.74, 6) is -0.349. The predicted octanol–water partition coefficient (Wildman–Crippen LogP) is 2.72. The Balaban J connectivity index is 2.08. The Hall–Kier alpha value is -2.35. The molecule has 0 aromatic heterocycles. The summed E-state index contributed by atoms with van der Waals surface area (Å²) < 4.78 is 0. The molecule has 1 atom stereocenters. The smallest absolute Gasteiger partial charge is 0.241 e. The number of rotatable bonds is 4. The first-order valence-corrected chi connectivity index (χ1v) is 6.78. The lowest BCUT2D eigenvalue weighted by Crippen LogP contribution is -2.37. The van der Waals surface area contributed by atoms with Gasteiger partial charge in [-0.1, -0.05) is 41.9 Å². The summed E-state index contributed by atoms with van der Waals surface area (Å²) in [5, 5.41) is 12.1. The molecule has 0 unspecified atom stereocenters. The number of amides is 1. The SMILES string of the molecule is N#Cc1ccc(Cl)cc1NC(=O)[C@H](N)Cc1ccccc1. The minimum atomic E-state index is -0.696. The molecular formula is C16H14ClN3O. The zero-order chi connectivity index (χ0) is 15.2. The van der Waals surface area contributed by atoms with Gasteiger partial charge in [-0.3, -0.25) is 4.79 Å². The molecule has 4 nitrogen and oxygen atoms in total. The second-order valence-electron chi connectivity index (χ2n) is 4.59. The number of halogens is 1. The molecule has 0 fully saturated rings. The van der Waals surface area contributed by atoms with E-state index in [9.17, 15) is 4.79 Å². The lowest BCUT2D eigenvalue weighted by molar-refractivity contribution is -0.117. The first kappa shape index (κ1) is 15.0. The molecular weight excluding hydrogens is 286 g/mol. The summed E-state index contributed by atoms with van der Waals surface area (Å²) in [5.41, 5.74) is 7.60. The van der Waals surface area contributed by atoms with Crippen LogP contribution in [0.5, 0.6) is 0 Å². The number of hydrogen-bond acceptors (Lipinski definition) is 3. The maximum absolute atomic E-state index is 12.1. The van der Waals surface area contributed by atoms with Gasteiger partial charge in [0.15, 0.2) is 0 Å². The largest absolute Gasteiger partial charge is 0.323 e. The van der Waals surface area contributed by atoms with Gasteiger partial charge in [0.1, 0.15) is 6.07 Å². The number of anilines is 1. The Morgan fingerprint density at radius 2 is 2.00 bits per heavy atom. The normalized spacial score (nSPS) is 11.5. The van der Waals surface area contributed by atoms with Crippen LogP contribution in [0.15, 0.2) is 48.5 Å². The van der Waals surface area contributed by atoms with Crippen molar-refractivity contribution in [2.24, 2.45) is 5.73 Å². The van der Waals surface area contributed by atoms with E-state index in [0.717, 1.165) is 5.56 Å². The van der Waals surface area contributed by atoms with E-state index in [1.807, 2.05) is 36.4 Å². The van der Waals surface area contributed by atoms with Crippen molar-refractivity contribution in [3.05, 3.63) is 64.7 Å². The van der Waals surface area contributed by atoms with Gasteiger partial charge < -0.3 is 11.1 Å². The Bertz CT molecular complexity index is 680. The van der Waals surface area contributed by atoms with E-state index in [4.69, 9.17) is 22.6 Å². The molecule has 0 radical (unpaired) electrons. The van der Waals surface area contributed by atoms with Gasteiger partial charge in [0.2, 0.25) is 5.91 Å². The van der Waals surface area contributed by atoms with Crippen LogP contribution in [0.2, 0.25) is 5.02 Å². The van der Waals surface area contributed by atoms with Crippen LogP contribution in [-0.4, -0.2) is 11.9 Å². The molecule has 2 aromatic rings. The van der Waals surface area contributed by atoms with Crippen LogP contribution in [0.25, 0.3) is 0 Å². The summed E-state index contributed by atoms with van der Waals surface area (Å²) in [4.78, 5) is 12.1. The van der Waals surface area contributed by atoms with E-state index in [1.165, 1.54) is 6.07 Å². The Kier molecular flexibility index (Phi) is 4.94. The Morgan fingerprint density at radius 1 is 1.29 bits per heavy atom. The monoisotopic (exact) mass is 299 g/mol. The molecule has 106 valence electrons. The van der Waals surface area contributed by atoms with Gasteiger partial charge in [0.25, 0.3) is 0 Å². The van der Waals surface area contributed by atoms with Crippen molar-refractivity contribution in [3.8, 4) is 6.07 Å². The van der Waals surface area contributed by atoms with Crippen molar-refractivity contribution >= 4 is 23.2 Å². The highest BCUT2D eigenvalue weighted by Gasteiger charge is 2.16. The summed E-state index contributed by atoms with van der Waals surface area (Å²) in [6.07, 6.45) is 0.426. The maximum atomic E-state index is 12.1. The van der Waals surface area contributed by atoms with Crippen LogP contribution in [0, 0.1) is 11.3 Å². The molecule has 0 heterocycles. The van der Waals surface area contributed by atoms with Crippen LogP contribution >= 0.6 is 11.6 Å². The average molecular weight is 300 g/mol. The van der Waals surface area contributed by atoms with Crippen LogP contribution in [0.1, 0.15) is 11.1 Å². The highest BCUT2D eigenvalue weighted by molar-refractivity contribution is 6.31. The molecule has 0 spiro atoms. The topological polar surface area (TPSA) is 78.9 Å². The van der Waals surface area contributed by atoms with Gasteiger partial charge in [-0.15, -0.1) is 0 Å². The molecule has 0 saturated heterocycles. The molecule has 5 heteroatoms. The molecule has 3 N–H and O–H groups in total. The lowest BCUT2D eigenvalue weighted by Gasteiger charge is -2.13. The fourth-order valence-corrected chi connectivity index (χ4v) is 2.08. The number of carbonyl (C=O) groups excluding carboxylic acids is 1. The van der Waals surface area contributed by atoms with E-state index in [1.54, 1.807) is 12.1 Å². The molecule has 21 heavy (non-hydrogen) atoms. The van der Waals surface area contributed by atoms with Crippen LogP contribution in [-0.2, 0) is 11.2 Å². The molecule has 0 aliphatic rings. The van der Waals surface area contributed by atoms with Gasteiger partial charge in [0, 0.05) is 5.02 Å². The summed E-state index contributed by atoms with van der Waals surface area (Å²) in [6, 6.07) is 15.5. The Morgan fingerprint density at radius 3 is 2.67 bits per heavy atom. The standard InChI is InChI=1S/C16H14ClN3O/c17-13-7-6-12(10-18)15(9-13)20-16(21)14(19)8-11-4-2-1-3-5-11/h1-7,9,14H,8,19H2,(H,20,21)/t14-/m1/s1. The first-order chi connectivity index (χ1) is 10.1. The number of benzene rings is 2. The van der Waals surface area contributed by atoms with Crippen molar-refractivity contribution < 1.29 is 4.79 Å². The molecule has 2 aromatic carbocycles. The second kappa shape index (κ2) is 6.89. The van der Waals surface area contributed by atoms with Crippen molar-refractivity contribution in [3.63, 3.8) is 0 Å². The van der Waals surface area contributed by atoms with Crippen LogP contribution in [0.3, 0.4) is 0 Å². The third-order valence-corrected chi connectivity index (χ3v) is 3.23. The van der Waals surface area contributed by atoms with E-state index < -0.39 is 6.04 Å². The predicted molar refractivity (Wildman–Crippen MR) is 82.9 cm³/mol. The number of nitrogens with two attached hydrogens (primary N) is 1. The third-order valence-electron chi connectivity index (χ3n) is 3.00. The average Bonchev–Trinajstić information content (AvgIpc) is 2.48. The number of nitrogens with zero attached hydrogens (tertiary/aromatic N) is 1. The van der Waals surface area contributed by atoms with Crippen LogP contribution < -0.4 is 11.1 Å². The van der Waals surface area contributed by atoms with Crippen molar-refractivity contribution in [1.29, 1.82) is 5.26 Å². The van der Waals surface area contributed by atoms with E-state index in [0.29, 0.717) is 22.7 Å². The highest BCUT2D eigenvalue weighted by Crippen LogP contribution is 2.20. The number of hydrogen-bond donors (Lipinski definition) is 2. The summed E-state index contributed by atoms with van der Waals surface area (Å²) in [7, 11) is 0. The van der Waals surface area contributed by atoms with Gasteiger partial charge in [-0.25, -0.2) is 0 Å². The lowest BCUT2D eigenvalue weighted by atomic mass is 10.1. The number of nitrogens with one attached hydrogen (secondary N) is 1. The molecule has 0 saturated carbocycles. The third kappa shape index (κ3) is 4.06.